The molecule has 3 aliphatic heterocycles. The number of hydrogen-bond donors (Lipinski definition) is 0. The molecule has 0 aliphatic carbocycles. The van der Waals surface area contributed by atoms with E-state index < -0.39 is 5.41 Å². The Morgan fingerprint density at radius 2 is 0.768 bits per heavy atom. The maximum Gasteiger partial charge on any atom is 0.125 e. The molecule has 0 N–H and O–H groups in total. The molecule has 0 aromatic heterocycles. The Morgan fingerprint density at radius 1 is 0.482 bits per heavy atom. The quantitative estimate of drug-likeness (QED) is 0.113. The van der Waals surface area contributed by atoms with Crippen molar-refractivity contribution in [1.82, 2.24) is 0 Å². The van der Waals surface area contributed by atoms with Gasteiger partial charge in [-0.25, -0.2) is 0 Å². The molecule has 0 bridgehead atoms. The molecule has 0 saturated carbocycles. The van der Waals surface area contributed by atoms with E-state index in [1.54, 1.807) is 0 Å². The fourth-order valence-electron chi connectivity index (χ4n) is 6.14. The Morgan fingerprint density at radius 3 is 1.05 bits per heavy atom. The van der Waals surface area contributed by atoms with Crippen LogP contribution in [0.5, 0.6) is 17.2 Å². The first-order valence-corrected chi connectivity index (χ1v) is 22.2. The van der Waals surface area contributed by atoms with Crippen molar-refractivity contribution >= 4 is 0 Å². The fourth-order valence-corrected chi connectivity index (χ4v) is 6.14. The lowest BCUT2D eigenvalue weighted by Crippen LogP contribution is -2.26. The third-order valence-electron chi connectivity index (χ3n) is 9.10. The standard InChI is InChI=1S/C37H46O6.C3H8.5C2H6/c1-23-15-28(7-8-34(23)38-12-9-31-20-41-31)37(6,29-16-24(2)35(25(3)17-29)39-13-10-32-21-42-32)30-18-26(4)36(27(5)19-30)40-14-11-33-22-43-33;1-3-2;5*1-2/h7-8,15-19,31-33H,9-14,20-22H2,1-6H3;3H2,1-2H3;5*1-2H3. The number of epoxide rings is 3. The van der Waals surface area contributed by atoms with Crippen molar-refractivity contribution in [3.8, 4) is 17.2 Å². The van der Waals surface area contributed by atoms with Crippen molar-refractivity contribution in [2.24, 2.45) is 0 Å². The van der Waals surface area contributed by atoms with E-state index in [-0.39, 0.29) is 0 Å². The van der Waals surface area contributed by atoms with Gasteiger partial charge < -0.3 is 28.4 Å². The van der Waals surface area contributed by atoms with E-state index in [1.807, 2.05) is 69.2 Å². The summed E-state index contributed by atoms with van der Waals surface area (Å²) in [4.78, 5) is 0. The highest BCUT2D eigenvalue weighted by atomic mass is 16.6. The molecular weight excluding hydrogens is 697 g/mol. The lowest BCUT2D eigenvalue weighted by Gasteiger charge is -2.34. The van der Waals surface area contributed by atoms with Crippen molar-refractivity contribution in [2.45, 2.75) is 174 Å². The highest BCUT2D eigenvalue weighted by Gasteiger charge is 2.34. The first-order chi connectivity index (χ1) is 27.1. The van der Waals surface area contributed by atoms with Gasteiger partial charge in [-0.05, 0) is 92.1 Å². The summed E-state index contributed by atoms with van der Waals surface area (Å²) >= 11 is 0. The SMILES string of the molecule is CC.CC.CC.CC.CC.CCC.Cc1cc(C(C)(c2cc(C)c(OCCC3CO3)c(C)c2)c2cc(C)c(OCCC3CO3)c(C)c2)ccc1OCCC1CO1. The van der Waals surface area contributed by atoms with Gasteiger partial charge in [0.1, 0.15) is 17.2 Å². The second-order valence-electron chi connectivity index (χ2n) is 13.5. The van der Waals surface area contributed by atoms with Gasteiger partial charge in [0.25, 0.3) is 0 Å². The van der Waals surface area contributed by atoms with E-state index in [4.69, 9.17) is 28.4 Å². The molecule has 0 radical (unpaired) electrons. The van der Waals surface area contributed by atoms with Crippen LogP contribution >= 0.6 is 0 Å². The minimum Gasteiger partial charge on any atom is -0.493 e. The summed E-state index contributed by atoms with van der Waals surface area (Å²) in [6.45, 7) is 41.9. The predicted octanol–water partition coefficient (Wildman–Crippen LogP) is 13.6. The van der Waals surface area contributed by atoms with Crippen LogP contribution in [0, 0.1) is 34.6 Å². The van der Waals surface area contributed by atoms with E-state index in [0.717, 1.165) is 84.1 Å². The van der Waals surface area contributed by atoms with E-state index in [9.17, 15) is 0 Å². The largest absolute Gasteiger partial charge is 0.493 e. The molecular formula is C50H84O6. The maximum absolute atomic E-state index is 6.27. The van der Waals surface area contributed by atoms with Gasteiger partial charge in [-0.2, -0.15) is 0 Å². The molecule has 3 aromatic rings. The van der Waals surface area contributed by atoms with Gasteiger partial charge >= 0.3 is 0 Å². The van der Waals surface area contributed by atoms with Crippen molar-refractivity contribution in [2.75, 3.05) is 39.6 Å². The smallest absolute Gasteiger partial charge is 0.125 e. The van der Waals surface area contributed by atoms with Crippen LogP contribution in [0.15, 0.2) is 42.5 Å². The zero-order valence-electron chi connectivity index (χ0n) is 39.3. The summed E-state index contributed by atoms with van der Waals surface area (Å²) in [7, 11) is 0. The molecule has 3 heterocycles. The molecule has 6 heteroatoms. The van der Waals surface area contributed by atoms with E-state index >= 15 is 0 Å². The van der Waals surface area contributed by atoms with Crippen molar-refractivity contribution in [3.05, 3.63) is 87.0 Å². The molecule has 0 amide bonds. The minimum atomic E-state index is -0.420. The van der Waals surface area contributed by atoms with Gasteiger partial charge in [0, 0.05) is 24.7 Å². The van der Waals surface area contributed by atoms with Gasteiger partial charge in [0.2, 0.25) is 0 Å². The molecule has 3 fully saturated rings. The summed E-state index contributed by atoms with van der Waals surface area (Å²) in [5, 5.41) is 0. The van der Waals surface area contributed by atoms with Crippen LogP contribution in [0.1, 0.15) is 160 Å². The maximum atomic E-state index is 6.27. The zero-order chi connectivity index (χ0) is 42.8. The molecule has 3 unspecified atom stereocenters. The average Bonchev–Trinajstić information content (AvgIpc) is 4.06. The van der Waals surface area contributed by atoms with Crippen molar-refractivity contribution < 1.29 is 28.4 Å². The summed E-state index contributed by atoms with van der Waals surface area (Å²) < 4.78 is 34.8. The minimum absolute atomic E-state index is 0.362. The lowest BCUT2D eigenvalue weighted by atomic mass is 9.69. The van der Waals surface area contributed by atoms with Gasteiger partial charge in [0.15, 0.2) is 0 Å². The molecule has 0 spiro atoms. The third-order valence-corrected chi connectivity index (χ3v) is 9.10. The Labute approximate surface area is 345 Å². The van der Waals surface area contributed by atoms with Crippen LogP contribution in [-0.2, 0) is 19.6 Å². The van der Waals surface area contributed by atoms with Gasteiger partial charge in [-0.3, -0.25) is 0 Å². The topological polar surface area (TPSA) is 65.3 Å². The number of aryl methyl sites for hydroxylation is 5. The molecule has 3 saturated heterocycles. The molecule has 6 nitrogen and oxygen atoms in total. The first-order valence-electron chi connectivity index (χ1n) is 22.2. The molecule has 6 rings (SSSR count). The monoisotopic (exact) mass is 781 g/mol. The number of benzene rings is 3. The Hall–Kier alpha value is -3.06. The first kappa shape index (κ1) is 52.9. The molecule has 3 aliphatic rings. The second-order valence-corrected chi connectivity index (χ2v) is 13.5. The van der Waals surface area contributed by atoms with Gasteiger partial charge in [-0.15, -0.1) is 0 Å². The Kier molecular flexibility index (Phi) is 27.6. The molecule has 3 aromatic carbocycles. The summed E-state index contributed by atoms with van der Waals surface area (Å²) in [5.74, 6) is 2.88. The molecule has 3 atom stereocenters. The van der Waals surface area contributed by atoms with Gasteiger partial charge in [-0.1, -0.05) is 126 Å². The van der Waals surface area contributed by atoms with Crippen molar-refractivity contribution in [1.29, 1.82) is 0 Å². The number of hydrogen-bond acceptors (Lipinski definition) is 6. The van der Waals surface area contributed by atoms with E-state index in [2.05, 4.69) is 97.9 Å². The summed E-state index contributed by atoms with van der Waals surface area (Å²) in [6.07, 6.45) is 5.13. The average molecular weight is 781 g/mol. The molecule has 320 valence electrons. The Bertz CT molecular complexity index is 1350. The van der Waals surface area contributed by atoms with Crippen molar-refractivity contribution in [3.63, 3.8) is 0 Å². The van der Waals surface area contributed by atoms with Gasteiger partial charge in [0.05, 0.1) is 58.0 Å². The van der Waals surface area contributed by atoms with Crippen LogP contribution in [0.4, 0.5) is 0 Å². The van der Waals surface area contributed by atoms with Crippen LogP contribution in [-0.4, -0.2) is 58.0 Å². The van der Waals surface area contributed by atoms with Crippen LogP contribution < -0.4 is 14.2 Å². The molecule has 56 heavy (non-hydrogen) atoms. The van der Waals surface area contributed by atoms with E-state index in [1.165, 1.54) is 23.1 Å². The van der Waals surface area contributed by atoms with E-state index in [0.29, 0.717) is 38.1 Å². The van der Waals surface area contributed by atoms with Crippen LogP contribution in [0.3, 0.4) is 0 Å². The summed E-state index contributed by atoms with van der Waals surface area (Å²) in [6, 6.07) is 15.9. The summed E-state index contributed by atoms with van der Waals surface area (Å²) in [5.41, 5.74) is 8.99. The van der Waals surface area contributed by atoms with Crippen LogP contribution in [0.25, 0.3) is 0 Å². The highest BCUT2D eigenvalue weighted by Crippen LogP contribution is 2.44. The third kappa shape index (κ3) is 16.8. The normalized spacial score (nSPS) is 17.5. The Balaban J connectivity index is 0.00000210. The number of rotatable bonds is 15. The van der Waals surface area contributed by atoms with Crippen LogP contribution in [0.2, 0.25) is 0 Å². The number of ether oxygens (including phenoxy) is 6. The highest BCUT2D eigenvalue weighted by molar-refractivity contribution is 5.58. The predicted molar refractivity (Wildman–Crippen MR) is 241 cm³/mol. The lowest BCUT2D eigenvalue weighted by molar-refractivity contribution is 0.280. The fraction of sp³-hybridized carbons (Fsp3) is 0.640. The zero-order valence-corrected chi connectivity index (χ0v) is 39.3. The second kappa shape index (κ2) is 29.2.